The number of esters is 1. The number of nitrogens with one attached hydrogen (secondary N) is 2. The first-order valence-corrected chi connectivity index (χ1v) is 10.7. The Bertz CT molecular complexity index is 998. The Balaban J connectivity index is 1.70. The Hall–Kier alpha value is -3.72. The van der Waals surface area contributed by atoms with E-state index in [0.717, 1.165) is 10.6 Å². The van der Waals surface area contributed by atoms with Gasteiger partial charge in [0.2, 0.25) is 0 Å². The van der Waals surface area contributed by atoms with E-state index in [-0.39, 0.29) is 19.5 Å². The first-order chi connectivity index (χ1) is 15.9. The molecule has 33 heavy (non-hydrogen) atoms. The number of nitrogens with zero attached hydrogens (tertiary/aromatic N) is 2. The lowest BCUT2D eigenvalue weighted by molar-refractivity contribution is -0.141. The molecule has 0 spiro atoms. The summed E-state index contributed by atoms with van der Waals surface area (Å²) in [6, 6.07) is 17.7. The summed E-state index contributed by atoms with van der Waals surface area (Å²) in [7, 11) is 1.31. The second-order valence-electron chi connectivity index (χ2n) is 7.75. The third-order valence-corrected chi connectivity index (χ3v) is 5.60. The van der Waals surface area contributed by atoms with Crippen LogP contribution in [0.1, 0.15) is 30.9 Å². The maximum Gasteiger partial charge on any atom is 0.344 e. The van der Waals surface area contributed by atoms with Gasteiger partial charge in [0.05, 0.1) is 20.1 Å². The van der Waals surface area contributed by atoms with Gasteiger partial charge in [-0.05, 0) is 17.5 Å². The summed E-state index contributed by atoms with van der Waals surface area (Å²) in [5.74, 6) is -1.48. The van der Waals surface area contributed by atoms with Crippen LogP contribution in [-0.2, 0) is 31.2 Å². The molecule has 0 aromatic heterocycles. The van der Waals surface area contributed by atoms with Crippen LogP contribution >= 0.6 is 0 Å². The summed E-state index contributed by atoms with van der Waals surface area (Å²) in [4.78, 5) is 51.9. The molecule has 2 N–H and O–H groups in total. The molecule has 1 heterocycles. The van der Waals surface area contributed by atoms with Crippen LogP contribution in [0.4, 0.5) is 4.79 Å². The molecular weight excluding hydrogens is 424 g/mol. The zero-order chi connectivity index (χ0) is 23.8. The summed E-state index contributed by atoms with van der Waals surface area (Å²) >= 11 is 0. The topological polar surface area (TPSA) is 108 Å². The van der Waals surface area contributed by atoms with Gasteiger partial charge >= 0.3 is 12.0 Å². The molecule has 1 atom stereocenters. The van der Waals surface area contributed by atoms with Crippen LogP contribution < -0.4 is 10.7 Å². The molecule has 4 amide bonds. The zero-order valence-electron chi connectivity index (χ0n) is 18.7. The van der Waals surface area contributed by atoms with Crippen molar-refractivity contribution in [2.24, 2.45) is 0 Å². The number of hydrogen-bond acceptors (Lipinski definition) is 6. The van der Waals surface area contributed by atoms with Crippen molar-refractivity contribution in [3.63, 3.8) is 0 Å². The molecule has 3 rings (SSSR count). The van der Waals surface area contributed by atoms with Crippen LogP contribution in [-0.4, -0.2) is 53.9 Å². The molecule has 0 aliphatic carbocycles. The normalized spacial score (nSPS) is 17.7. The number of methoxy groups -OCH3 is 1. The van der Waals surface area contributed by atoms with Crippen molar-refractivity contribution in [3.8, 4) is 0 Å². The lowest BCUT2D eigenvalue weighted by Gasteiger charge is -2.26. The average Bonchev–Trinajstić information content (AvgIpc) is 3.08. The van der Waals surface area contributed by atoms with Gasteiger partial charge in [0.25, 0.3) is 11.8 Å². The fourth-order valence-electron chi connectivity index (χ4n) is 3.81. The number of amides is 4. The highest BCUT2D eigenvalue weighted by molar-refractivity contribution is 6.08. The minimum absolute atomic E-state index is 0.104. The van der Waals surface area contributed by atoms with E-state index in [1.807, 2.05) is 36.4 Å². The number of carbonyl (C=O) groups is 4. The summed E-state index contributed by atoms with van der Waals surface area (Å²) < 4.78 is 4.70. The van der Waals surface area contributed by atoms with Gasteiger partial charge in [-0.2, -0.15) is 5.01 Å². The number of hydrazine groups is 1. The van der Waals surface area contributed by atoms with E-state index in [2.05, 4.69) is 10.7 Å². The molecule has 1 aliphatic heterocycles. The molecule has 174 valence electrons. The molecule has 1 fully saturated rings. The Kier molecular flexibility index (Phi) is 7.78. The predicted octanol–water partition coefficient (Wildman–Crippen LogP) is 1.94. The van der Waals surface area contributed by atoms with E-state index in [4.69, 9.17) is 4.74 Å². The molecule has 1 aliphatic rings. The number of hydrogen-bond donors (Lipinski definition) is 2. The smallest absolute Gasteiger partial charge is 0.344 e. The average molecular weight is 453 g/mol. The molecule has 9 nitrogen and oxygen atoms in total. The molecule has 1 saturated heterocycles. The van der Waals surface area contributed by atoms with Crippen LogP contribution in [0.25, 0.3) is 0 Å². The van der Waals surface area contributed by atoms with E-state index >= 15 is 0 Å². The first-order valence-electron chi connectivity index (χ1n) is 10.7. The van der Waals surface area contributed by atoms with Gasteiger partial charge < -0.3 is 10.1 Å². The Labute approximate surface area is 192 Å². The summed E-state index contributed by atoms with van der Waals surface area (Å²) in [6.07, 6.45) is 0.430. The lowest BCUT2D eigenvalue weighted by Crippen LogP contribution is -2.51. The molecule has 0 radical (unpaired) electrons. The van der Waals surface area contributed by atoms with Crippen LogP contribution in [0.3, 0.4) is 0 Å². The fourth-order valence-corrected chi connectivity index (χ4v) is 3.81. The maximum absolute atomic E-state index is 13.2. The SMILES string of the molecule is CCC1(c2ccccc2)NC(=O)N(NC(=O)CN(CCC(=O)OC)Cc2ccccc2)C1=O. The van der Waals surface area contributed by atoms with Crippen molar-refractivity contribution in [2.45, 2.75) is 31.8 Å². The van der Waals surface area contributed by atoms with Crippen LogP contribution in [0.5, 0.6) is 0 Å². The monoisotopic (exact) mass is 452 g/mol. The number of ether oxygens (including phenoxy) is 1. The lowest BCUT2D eigenvalue weighted by atomic mass is 9.87. The van der Waals surface area contributed by atoms with E-state index in [9.17, 15) is 19.2 Å². The number of benzene rings is 2. The highest BCUT2D eigenvalue weighted by Gasteiger charge is 2.52. The van der Waals surface area contributed by atoms with E-state index in [1.54, 1.807) is 36.1 Å². The largest absolute Gasteiger partial charge is 0.469 e. The van der Waals surface area contributed by atoms with Gasteiger partial charge in [0, 0.05) is 13.1 Å². The molecule has 1 unspecified atom stereocenters. The summed E-state index contributed by atoms with van der Waals surface area (Å²) in [5.41, 5.74) is 2.80. The number of carbonyl (C=O) groups excluding carboxylic acids is 4. The minimum Gasteiger partial charge on any atom is -0.469 e. The quantitative estimate of drug-likeness (QED) is 0.421. The molecule has 2 aromatic rings. The van der Waals surface area contributed by atoms with Gasteiger partial charge in [-0.25, -0.2) is 4.79 Å². The van der Waals surface area contributed by atoms with Crippen LogP contribution in [0.2, 0.25) is 0 Å². The van der Waals surface area contributed by atoms with Crippen molar-refractivity contribution in [1.29, 1.82) is 0 Å². The third-order valence-electron chi connectivity index (χ3n) is 5.60. The van der Waals surface area contributed by atoms with E-state index < -0.39 is 29.4 Å². The van der Waals surface area contributed by atoms with Crippen molar-refractivity contribution in [1.82, 2.24) is 20.7 Å². The number of urea groups is 1. The summed E-state index contributed by atoms with van der Waals surface area (Å²) in [6.45, 7) is 2.37. The highest BCUT2D eigenvalue weighted by Crippen LogP contribution is 2.31. The van der Waals surface area contributed by atoms with Crippen LogP contribution in [0.15, 0.2) is 60.7 Å². The third kappa shape index (κ3) is 5.56. The second kappa shape index (κ2) is 10.7. The van der Waals surface area contributed by atoms with Gasteiger partial charge in [0.1, 0.15) is 5.54 Å². The zero-order valence-corrected chi connectivity index (χ0v) is 18.7. The minimum atomic E-state index is -1.24. The van der Waals surface area contributed by atoms with Gasteiger partial charge in [-0.15, -0.1) is 0 Å². The van der Waals surface area contributed by atoms with Gasteiger partial charge in [0.15, 0.2) is 0 Å². The van der Waals surface area contributed by atoms with Gasteiger partial charge in [-0.3, -0.25) is 24.7 Å². The molecule has 0 saturated carbocycles. The maximum atomic E-state index is 13.2. The van der Waals surface area contributed by atoms with Crippen molar-refractivity contribution in [2.75, 3.05) is 20.2 Å². The second-order valence-corrected chi connectivity index (χ2v) is 7.75. The molecular formula is C24H28N4O5. The Morgan fingerprint density at radius 2 is 1.70 bits per heavy atom. The number of rotatable bonds is 10. The molecule has 9 heteroatoms. The van der Waals surface area contributed by atoms with Crippen LogP contribution in [0, 0.1) is 0 Å². The van der Waals surface area contributed by atoms with E-state index in [1.165, 1.54) is 7.11 Å². The standard InChI is InChI=1S/C24H28N4O5/c1-3-24(19-12-8-5-9-13-19)22(31)28(23(32)25-24)26-20(29)17-27(15-14-21(30)33-2)16-18-10-6-4-7-11-18/h4-13H,3,14-17H2,1-2H3,(H,25,32)(H,26,29). The summed E-state index contributed by atoms with van der Waals surface area (Å²) in [5, 5.41) is 3.46. The first kappa shape index (κ1) is 23.9. The Morgan fingerprint density at radius 3 is 2.30 bits per heavy atom. The van der Waals surface area contributed by atoms with Gasteiger partial charge in [-0.1, -0.05) is 67.6 Å². The fraction of sp³-hybridized carbons (Fsp3) is 0.333. The Morgan fingerprint density at radius 1 is 1.06 bits per heavy atom. The highest BCUT2D eigenvalue weighted by atomic mass is 16.5. The van der Waals surface area contributed by atoms with Crippen molar-refractivity contribution < 1.29 is 23.9 Å². The molecule has 2 aromatic carbocycles. The predicted molar refractivity (Wildman–Crippen MR) is 120 cm³/mol. The van der Waals surface area contributed by atoms with Crippen molar-refractivity contribution in [3.05, 3.63) is 71.8 Å². The molecule has 0 bridgehead atoms. The number of imide groups is 1. The van der Waals surface area contributed by atoms with Crippen molar-refractivity contribution >= 4 is 23.8 Å². The van der Waals surface area contributed by atoms with E-state index in [0.29, 0.717) is 18.5 Å².